The Balaban J connectivity index is 1.75. The number of aromatic nitrogens is 2. The molecule has 39 heavy (non-hydrogen) atoms. The Kier molecular flexibility index (Phi) is 5.75. The molecule has 7 nitrogen and oxygen atoms in total. The predicted molar refractivity (Wildman–Crippen MR) is 148 cm³/mol. The summed E-state index contributed by atoms with van der Waals surface area (Å²) >= 11 is 12.7. The van der Waals surface area contributed by atoms with E-state index < -0.39 is 23.2 Å². The van der Waals surface area contributed by atoms with Crippen molar-refractivity contribution >= 4 is 46.4 Å². The van der Waals surface area contributed by atoms with Crippen molar-refractivity contribution in [3.63, 3.8) is 0 Å². The molecule has 0 bridgehead atoms. The van der Waals surface area contributed by atoms with Crippen LogP contribution in [0.1, 0.15) is 47.2 Å². The van der Waals surface area contributed by atoms with Gasteiger partial charge in [-0.15, -0.1) is 0 Å². The van der Waals surface area contributed by atoms with E-state index >= 15 is 0 Å². The zero-order chi connectivity index (χ0) is 27.8. The fourth-order valence-electron chi connectivity index (χ4n) is 5.68. The Morgan fingerprint density at radius 3 is 2.46 bits per heavy atom. The van der Waals surface area contributed by atoms with Gasteiger partial charge >= 0.3 is 0 Å². The molecule has 2 aliphatic heterocycles. The quantitative estimate of drug-likeness (QED) is 0.297. The monoisotopic (exact) mass is 564 g/mol. The van der Waals surface area contributed by atoms with Crippen LogP contribution in [0.3, 0.4) is 0 Å². The molecule has 1 spiro atoms. The topological polar surface area (TPSA) is 76.5 Å². The number of benzene rings is 3. The number of imidazole rings is 1. The lowest BCUT2D eigenvalue weighted by Crippen LogP contribution is -2.51. The number of hydrogen-bond acceptors (Lipinski definition) is 4. The summed E-state index contributed by atoms with van der Waals surface area (Å²) in [6.07, 6.45) is 0. The zero-order valence-corrected chi connectivity index (χ0v) is 23.0. The first-order valence-corrected chi connectivity index (χ1v) is 13.0. The van der Waals surface area contributed by atoms with Crippen molar-refractivity contribution in [3.05, 3.63) is 93.0 Å². The normalized spacial score (nSPS) is 17.7. The van der Waals surface area contributed by atoms with Crippen molar-refractivity contribution in [1.29, 1.82) is 0 Å². The molecule has 1 aromatic heterocycles. The number of ether oxygens (including phenoxy) is 1. The van der Waals surface area contributed by atoms with Crippen LogP contribution in [0.15, 0.2) is 54.6 Å². The molecule has 2 amide bonds. The minimum absolute atomic E-state index is 0.0855. The molecule has 4 aromatic rings. The number of amides is 2. The highest BCUT2D eigenvalue weighted by Gasteiger charge is 2.64. The smallest absolute Gasteiger partial charge is 0.280 e. The van der Waals surface area contributed by atoms with E-state index in [2.05, 4.69) is 5.32 Å². The summed E-state index contributed by atoms with van der Waals surface area (Å²) in [5, 5.41) is 3.78. The van der Waals surface area contributed by atoms with Gasteiger partial charge in [0.05, 0.1) is 24.1 Å². The molecule has 0 radical (unpaired) electrons. The van der Waals surface area contributed by atoms with E-state index in [9.17, 15) is 14.0 Å². The molecule has 0 saturated heterocycles. The Labute approximate surface area is 234 Å². The van der Waals surface area contributed by atoms with Crippen LogP contribution in [-0.2, 0) is 10.3 Å². The highest BCUT2D eigenvalue weighted by molar-refractivity contribution is 6.32. The van der Waals surface area contributed by atoms with Crippen LogP contribution < -0.4 is 15.0 Å². The molecule has 0 aliphatic carbocycles. The number of carbonyl (C=O) groups is 2. The van der Waals surface area contributed by atoms with Gasteiger partial charge in [-0.25, -0.2) is 9.37 Å². The first kappa shape index (κ1) is 25.4. The zero-order valence-electron chi connectivity index (χ0n) is 21.5. The van der Waals surface area contributed by atoms with Crippen molar-refractivity contribution in [3.8, 4) is 17.1 Å². The largest absolute Gasteiger partial charge is 0.496 e. The molecule has 198 valence electrons. The van der Waals surface area contributed by atoms with E-state index in [1.807, 2.05) is 25.3 Å². The summed E-state index contributed by atoms with van der Waals surface area (Å²) in [7, 11) is 1.48. The van der Waals surface area contributed by atoms with Gasteiger partial charge in [0.1, 0.15) is 17.4 Å². The van der Waals surface area contributed by atoms with Gasteiger partial charge < -0.3 is 14.6 Å². The maximum absolute atomic E-state index is 14.5. The molecule has 6 rings (SSSR count). The molecule has 1 N–H and O–H groups in total. The third kappa shape index (κ3) is 3.44. The second kappa shape index (κ2) is 8.83. The SMILES string of the molecule is COc1ccc(F)cc1-c1nc2c(n1C(C)C)[C@@]1(C(=O)Nc3cc(Cl)ccc31)N(c1cc(Cl)ccc1C)C2=O. The van der Waals surface area contributed by atoms with Crippen molar-refractivity contribution in [2.75, 3.05) is 17.3 Å². The first-order valence-electron chi connectivity index (χ1n) is 12.3. The van der Waals surface area contributed by atoms with Crippen molar-refractivity contribution in [1.82, 2.24) is 9.55 Å². The van der Waals surface area contributed by atoms with Gasteiger partial charge in [0, 0.05) is 27.3 Å². The highest BCUT2D eigenvalue weighted by Crippen LogP contribution is 2.55. The van der Waals surface area contributed by atoms with Gasteiger partial charge in [0.15, 0.2) is 11.2 Å². The molecule has 10 heteroatoms. The van der Waals surface area contributed by atoms with Crippen LogP contribution in [0.2, 0.25) is 10.0 Å². The molecule has 0 saturated carbocycles. The Morgan fingerprint density at radius 1 is 1.03 bits per heavy atom. The summed E-state index contributed by atoms with van der Waals surface area (Å²) < 4.78 is 21.8. The number of nitrogens with one attached hydrogen (secondary N) is 1. The molecular formula is C29H23Cl2FN4O3. The van der Waals surface area contributed by atoms with Gasteiger partial charge in [-0.05, 0) is 68.8 Å². The minimum Gasteiger partial charge on any atom is -0.496 e. The van der Waals surface area contributed by atoms with E-state index in [1.54, 1.807) is 36.4 Å². The summed E-state index contributed by atoms with van der Waals surface area (Å²) in [6.45, 7) is 5.68. The number of anilines is 2. The summed E-state index contributed by atoms with van der Waals surface area (Å²) in [5.41, 5.74) is 1.45. The lowest BCUT2D eigenvalue weighted by molar-refractivity contribution is -0.119. The second-order valence-electron chi connectivity index (χ2n) is 9.87. The van der Waals surface area contributed by atoms with Crippen LogP contribution in [-0.4, -0.2) is 28.5 Å². The lowest BCUT2D eigenvalue weighted by Gasteiger charge is -2.36. The minimum atomic E-state index is -1.63. The number of methoxy groups -OCH3 is 1. The van der Waals surface area contributed by atoms with Crippen LogP contribution in [0.25, 0.3) is 11.4 Å². The van der Waals surface area contributed by atoms with Gasteiger partial charge in [0.25, 0.3) is 11.8 Å². The van der Waals surface area contributed by atoms with E-state index in [4.69, 9.17) is 32.9 Å². The third-order valence-corrected chi connectivity index (χ3v) is 7.74. The average molecular weight is 565 g/mol. The van der Waals surface area contributed by atoms with Gasteiger partial charge in [-0.1, -0.05) is 35.3 Å². The summed E-state index contributed by atoms with van der Waals surface area (Å²) in [6, 6.07) is 14.1. The number of nitrogens with zero attached hydrogens (tertiary/aromatic N) is 3. The number of aryl methyl sites for hydroxylation is 1. The lowest BCUT2D eigenvalue weighted by atomic mass is 9.86. The van der Waals surface area contributed by atoms with Crippen LogP contribution in [0.5, 0.6) is 5.75 Å². The maximum atomic E-state index is 14.5. The second-order valence-corrected chi connectivity index (χ2v) is 10.7. The number of rotatable bonds is 4. The molecule has 3 aromatic carbocycles. The van der Waals surface area contributed by atoms with Gasteiger partial charge in [-0.2, -0.15) is 0 Å². The van der Waals surface area contributed by atoms with E-state index in [0.717, 1.165) is 5.56 Å². The van der Waals surface area contributed by atoms with Gasteiger partial charge in [-0.3, -0.25) is 14.5 Å². The molecular weight excluding hydrogens is 542 g/mol. The fourth-order valence-corrected chi connectivity index (χ4v) is 6.02. The highest BCUT2D eigenvalue weighted by atomic mass is 35.5. The molecule has 3 heterocycles. The van der Waals surface area contributed by atoms with Crippen LogP contribution >= 0.6 is 23.2 Å². The summed E-state index contributed by atoms with van der Waals surface area (Å²) in [5.74, 6) is -0.707. The molecule has 1 atom stereocenters. The number of carbonyl (C=O) groups excluding carboxylic acids is 2. The van der Waals surface area contributed by atoms with E-state index in [-0.39, 0.29) is 11.7 Å². The van der Waals surface area contributed by atoms with Crippen molar-refractivity contribution in [2.24, 2.45) is 0 Å². The number of hydrogen-bond donors (Lipinski definition) is 1. The third-order valence-electron chi connectivity index (χ3n) is 7.27. The van der Waals surface area contributed by atoms with E-state index in [1.165, 1.54) is 30.2 Å². The van der Waals surface area contributed by atoms with E-state index in [0.29, 0.717) is 49.8 Å². The molecule has 0 fully saturated rings. The number of halogens is 3. The number of fused-ring (bicyclic) bond motifs is 4. The fraction of sp³-hybridized carbons (Fsp3) is 0.207. The standard InChI is InChI=1S/C29H23Cl2FN4O3/c1-14(2)35-25-24(34-26(35)19-13-18(32)8-10-23(19)39-4)27(37)36(22-12-17(31)6-5-15(22)3)29(25)20-9-7-16(30)11-21(20)33-28(29)38/h5-14H,1-4H3,(H,33,38)/t29-/m0/s1. The molecule has 0 unspecified atom stereocenters. The predicted octanol–water partition coefficient (Wildman–Crippen LogP) is 6.75. The Bertz CT molecular complexity index is 1720. The van der Waals surface area contributed by atoms with Crippen molar-refractivity contribution in [2.45, 2.75) is 32.4 Å². The van der Waals surface area contributed by atoms with Crippen LogP contribution in [0, 0.1) is 12.7 Å². The first-order chi connectivity index (χ1) is 18.6. The Hall–Kier alpha value is -3.88. The Morgan fingerprint density at radius 2 is 1.74 bits per heavy atom. The molecule has 2 aliphatic rings. The summed E-state index contributed by atoms with van der Waals surface area (Å²) in [4.78, 5) is 34.9. The van der Waals surface area contributed by atoms with Gasteiger partial charge in [0.2, 0.25) is 0 Å². The van der Waals surface area contributed by atoms with Crippen LogP contribution in [0.4, 0.5) is 15.8 Å². The average Bonchev–Trinajstić information content (AvgIpc) is 3.49. The maximum Gasteiger partial charge on any atom is 0.280 e. The van der Waals surface area contributed by atoms with Crippen molar-refractivity contribution < 1.29 is 18.7 Å².